The third kappa shape index (κ3) is 8.33. The molecule has 0 saturated carbocycles. The van der Waals surface area contributed by atoms with Crippen LogP contribution in [0.4, 0.5) is 0 Å². The Labute approximate surface area is 134 Å². The Kier molecular flexibility index (Phi) is 11.5. The second-order valence-electron chi connectivity index (χ2n) is 5.13. The van der Waals surface area contributed by atoms with E-state index >= 15 is 0 Å². The number of quaternary nitrogens is 1. The minimum Gasteiger partial charge on any atom is -1.00 e. The zero-order chi connectivity index (χ0) is 15.6. The van der Waals surface area contributed by atoms with E-state index in [2.05, 4.69) is 64.5 Å². The van der Waals surface area contributed by atoms with Crippen LogP contribution in [0, 0.1) is 0 Å². The van der Waals surface area contributed by atoms with E-state index in [1.54, 1.807) is 0 Å². The SMILES string of the molecule is C=CC(=O)O.C=CC[N+](C)(C)C(CC)c1ccccc1.[Cl-]. The molecule has 0 amide bonds. The lowest BCUT2D eigenvalue weighted by Crippen LogP contribution is -3.00. The lowest BCUT2D eigenvalue weighted by Gasteiger charge is -2.37. The molecule has 0 aliphatic carbocycles. The molecule has 0 saturated heterocycles. The molecule has 0 aliphatic heterocycles. The topological polar surface area (TPSA) is 37.3 Å². The van der Waals surface area contributed by atoms with Crippen molar-refractivity contribution in [1.82, 2.24) is 0 Å². The van der Waals surface area contributed by atoms with Crippen molar-refractivity contribution in [2.24, 2.45) is 0 Å². The molecule has 1 aromatic carbocycles. The van der Waals surface area contributed by atoms with E-state index in [0.717, 1.165) is 23.5 Å². The van der Waals surface area contributed by atoms with Gasteiger partial charge in [-0.05, 0) is 6.08 Å². The monoisotopic (exact) mass is 311 g/mol. The van der Waals surface area contributed by atoms with Crippen LogP contribution in [0.2, 0.25) is 0 Å². The van der Waals surface area contributed by atoms with Gasteiger partial charge in [0.15, 0.2) is 0 Å². The van der Waals surface area contributed by atoms with Crippen LogP contribution in [-0.4, -0.2) is 36.2 Å². The third-order valence-corrected chi connectivity index (χ3v) is 3.19. The molecule has 0 bridgehead atoms. The van der Waals surface area contributed by atoms with Crippen LogP contribution in [0.25, 0.3) is 0 Å². The molecule has 1 N–H and O–H groups in total. The molecule has 4 heteroatoms. The van der Waals surface area contributed by atoms with E-state index in [0.29, 0.717) is 6.04 Å². The minimum atomic E-state index is -0.981. The van der Waals surface area contributed by atoms with Gasteiger partial charge in [0.1, 0.15) is 6.04 Å². The highest BCUT2D eigenvalue weighted by Crippen LogP contribution is 2.27. The molecule has 21 heavy (non-hydrogen) atoms. The van der Waals surface area contributed by atoms with Crippen molar-refractivity contribution in [2.45, 2.75) is 19.4 Å². The van der Waals surface area contributed by atoms with Gasteiger partial charge >= 0.3 is 5.97 Å². The Hall–Kier alpha value is -1.58. The summed E-state index contributed by atoms with van der Waals surface area (Å²) in [4.78, 5) is 9.25. The number of carboxylic acids is 1. The molecule has 118 valence electrons. The molecule has 1 atom stereocenters. The zero-order valence-electron chi connectivity index (χ0n) is 13.1. The first kappa shape index (κ1) is 21.7. The van der Waals surface area contributed by atoms with Crippen LogP contribution in [0.5, 0.6) is 0 Å². The molecular formula is C17H26ClNO2. The molecule has 1 unspecified atom stereocenters. The third-order valence-electron chi connectivity index (χ3n) is 3.19. The number of rotatable bonds is 6. The Morgan fingerprint density at radius 1 is 1.29 bits per heavy atom. The van der Waals surface area contributed by atoms with Crippen molar-refractivity contribution in [2.75, 3.05) is 20.6 Å². The number of benzene rings is 1. The first-order valence-electron chi connectivity index (χ1n) is 6.72. The number of aliphatic carboxylic acids is 1. The summed E-state index contributed by atoms with van der Waals surface area (Å²) in [6, 6.07) is 11.3. The van der Waals surface area contributed by atoms with E-state index in [1.807, 2.05) is 6.08 Å². The summed E-state index contributed by atoms with van der Waals surface area (Å²) in [5, 5.41) is 7.60. The number of carboxylic acid groups (broad SMARTS) is 1. The molecule has 0 heterocycles. The van der Waals surface area contributed by atoms with Crippen molar-refractivity contribution in [3.8, 4) is 0 Å². The predicted molar refractivity (Wildman–Crippen MR) is 84.5 cm³/mol. The number of hydrogen-bond donors (Lipinski definition) is 1. The molecular weight excluding hydrogens is 286 g/mol. The Morgan fingerprint density at radius 3 is 2.10 bits per heavy atom. The molecule has 1 aromatic rings. The van der Waals surface area contributed by atoms with E-state index in [4.69, 9.17) is 5.11 Å². The normalized spacial score (nSPS) is 11.2. The van der Waals surface area contributed by atoms with Crippen LogP contribution in [0.15, 0.2) is 55.6 Å². The Morgan fingerprint density at radius 2 is 1.76 bits per heavy atom. The number of likely N-dealkylation sites (N-methyl/N-ethyl adjacent to an activating group) is 1. The Balaban J connectivity index is 0. The van der Waals surface area contributed by atoms with Crippen molar-refractivity contribution in [3.05, 3.63) is 61.2 Å². The summed E-state index contributed by atoms with van der Waals surface area (Å²) >= 11 is 0. The van der Waals surface area contributed by atoms with Crippen LogP contribution >= 0.6 is 0 Å². The summed E-state index contributed by atoms with van der Waals surface area (Å²) in [6.45, 7) is 10.1. The van der Waals surface area contributed by atoms with Gasteiger partial charge in [-0.2, -0.15) is 0 Å². The van der Waals surface area contributed by atoms with E-state index in [-0.39, 0.29) is 12.4 Å². The molecule has 0 fully saturated rings. The maximum absolute atomic E-state index is 9.25. The molecule has 0 aliphatic rings. The maximum atomic E-state index is 9.25. The van der Waals surface area contributed by atoms with E-state index in [9.17, 15) is 4.79 Å². The average Bonchev–Trinajstić information content (AvgIpc) is 2.41. The fraction of sp³-hybridized carbons (Fsp3) is 0.353. The molecule has 0 aromatic heterocycles. The van der Waals surface area contributed by atoms with Gasteiger partial charge in [0.25, 0.3) is 0 Å². The lowest BCUT2D eigenvalue weighted by atomic mass is 10.0. The fourth-order valence-corrected chi connectivity index (χ4v) is 2.27. The summed E-state index contributed by atoms with van der Waals surface area (Å²) in [7, 11) is 4.53. The highest BCUT2D eigenvalue weighted by molar-refractivity contribution is 5.78. The van der Waals surface area contributed by atoms with Gasteiger partial charge in [0.05, 0.1) is 20.6 Å². The van der Waals surface area contributed by atoms with E-state index < -0.39 is 5.97 Å². The number of nitrogens with zero attached hydrogens (tertiary/aromatic N) is 1. The minimum absolute atomic E-state index is 0. The van der Waals surface area contributed by atoms with Gasteiger partial charge in [0, 0.05) is 18.1 Å². The highest BCUT2D eigenvalue weighted by atomic mass is 35.5. The van der Waals surface area contributed by atoms with Gasteiger partial charge in [0.2, 0.25) is 0 Å². The lowest BCUT2D eigenvalue weighted by molar-refractivity contribution is -0.915. The van der Waals surface area contributed by atoms with Gasteiger partial charge < -0.3 is 22.0 Å². The second-order valence-corrected chi connectivity index (χ2v) is 5.13. The number of halogens is 1. The fourth-order valence-electron chi connectivity index (χ4n) is 2.27. The second kappa shape index (κ2) is 11.1. The van der Waals surface area contributed by atoms with Gasteiger partial charge in [-0.3, -0.25) is 0 Å². The first-order chi connectivity index (χ1) is 9.38. The zero-order valence-corrected chi connectivity index (χ0v) is 13.9. The maximum Gasteiger partial charge on any atom is 0.327 e. The summed E-state index contributed by atoms with van der Waals surface area (Å²) in [6.07, 6.45) is 4.00. The van der Waals surface area contributed by atoms with Crippen molar-refractivity contribution in [1.29, 1.82) is 0 Å². The summed E-state index contributed by atoms with van der Waals surface area (Å²) < 4.78 is 0.976. The average molecular weight is 312 g/mol. The standard InChI is InChI=1S/C14H22N.C3H4O2.ClH/c1-5-12-15(3,4)14(6-2)13-10-8-7-9-11-13;1-2-3(4)5;/h5,7-11,14H,1,6,12H2,2-4H3;2H,1H2,(H,4,5);1H/q+1;;/p-1. The van der Waals surface area contributed by atoms with Crippen molar-refractivity contribution >= 4 is 5.97 Å². The molecule has 0 radical (unpaired) electrons. The smallest absolute Gasteiger partial charge is 0.327 e. The van der Waals surface area contributed by atoms with Crippen LogP contribution < -0.4 is 12.4 Å². The summed E-state index contributed by atoms with van der Waals surface area (Å²) in [5.41, 5.74) is 1.42. The molecule has 0 spiro atoms. The highest BCUT2D eigenvalue weighted by Gasteiger charge is 2.26. The van der Waals surface area contributed by atoms with Crippen LogP contribution in [0.3, 0.4) is 0 Å². The first-order valence-corrected chi connectivity index (χ1v) is 6.72. The molecule has 1 rings (SSSR count). The predicted octanol–water partition coefficient (Wildman–Crippen LogP) is 0.661. The van der Waals surface area contributed by atoms with Crippen LogP contribution in [-0.2, 0) is 4.79 Å². The van der Waals surface area contributed by atoms with Crippen LogP contribution in [0.1, 0.15) is 24.9 Å². The van der Waals surface area contributed by atoms with Crippen molar-refractivity contribution < 1.29 is 26.8 Å². The largest absolute Gasteiger partial charge is 1.00 e. The van der Waals surface area contributed by atoms with Gasteiger partial charge in [-0.1, -0.05) is 50.4 Å². The number of carbonyl (C=O) groups is 1. The molecule has 3 nitrogen and oxygen atoms in total. The van der Waals surface area contributed by atoms with E-state index in [1.165, 1.54) is 5.56 Å². The number of hydrogen-bond acceptors (Lipinski definition) is 1. The summed E-state index contributed by atoms with van der Waals surface area (Å²) in [5.74, 6) is -0.981. The van der Waals surface area contributed by atoms with Crippen molar-refractivity contribution in [3.63, 3.8) is 0 Å². The Bertz CT molecular complexity index is 430. The van der Waals surface area contributed by atoms with Gasteiger partial charge in [-0.25, -0.2) is 4.79 Å². The van der Waals surface area contributed by atoms with Gasteiger partial charge in [-0.15, -0.1) is 0 Å². The quantitative estimate of drug-likeness (QED) is 0.476.